The van der Waals surface area contributed by atoms with Crippen molar-refractivity contribution < 1.29 is 13.3 Å². The van der Waals surface area contributed by atoms with Crippen molar-refractivity contribution in [3.63, 3.8) is 0 Å². The van der Waals surface area contributed by atoms with Gasteiger partial charge in [0.15, 0.2) is 11.2 Å². The lowest BCUT2D eigenvalue weighted by atomic mass is 10.1. The number of hydrogen-bond acceptors (Lipinski definition) is 4. The van der Waals surface area contributed by atoms with Gasteiger partial charge in [0.25, 0.3) is 0 Å². The van der Waals surface area contributed by atoms with E-state index in [2.05, 4.69) is 89.8 Å². The highest BCUT2D eigenvalue weighted by Crippen LogP contribution is 2.46. The average molecular weight is 516 g/mol. The van der Waals surface area contributed by atoms with Crippen LogP contribution in [0.1, 0.15) is 0 Å². The van der Waals surface area contributed by atoms with Crippen LogP contribution in [0.5, 0.6) is 0 Å². The van der Waals surface area contributed by atoms with Crippen LogP contribution in [0.4, 0.5) is 17.1 Å². The Balaban J connectivity index is 1.39. The van der Waals surface area contributed by atoms with Crippen molar-refractivity contribution in [3.05, 3.63) is 127 Å². The van der Waals surface area contributed by atoms with E-state index < -0.39 is 0 Å². The zero-order valence-electron chi connectivity index (χ0n) is 21.3. The zero-order valence-corrected chi connectivity index (χ0v) is 21.3. The van der Waals surface area contributed by atoms with Crippen LogP contribution in [0.2, 0.25) is 0 Å². The van der Waals surface area contributed by atoms with E-state index in [0.29, 0.717) is 0 Å². The molecule has 0 amide bonds. The van der Waals surface area contributed by atoms with Crippen LogP contribution in [-0.2, 0) is 0 Å². The Morgan fingerprint density at radius 1 is 0.350 bits per heavy atom. The van der Waals surface area contributed by atoms with Crippen molar-refractivity contribution in [3.8, 4) is 0 Å². The molecule has 0 radical (unpaired) electrons. The number of para-hydroxylation sites is 5. The lowest BCUT2D eigenvalue weighted by Gasteiger charge is -2.25. The summed E-state index contributed by atoms with van der Waals surface area (Å²) < 4.78 is 19.2. The van der Waals surface area contributed by atoms with E-state index in [0.717, 1.165) is 82.9 Å². The lowest BCUT2D eigenvalue weighted by Crippen LogP contribution is -2.10. The van der Waals surface area contributed by atoms with E-state index in [1.165, 1.54) is 0 Å². The number of rotatable bonds is 3. The molecule has 0 unspecified atom stereocenters. The van der Waals surface area contributed by atoms with Crippen LogP contribution in [0, 0.1) is 0 Å². The molecule has 0 N–H and O–H groups in total. The molecule has 0 bridgehead atoms. The first kappa shape index (κ1) is 21.5. The maximum absolute atomic E-state index is 6.53. The van der Waals surface area contributed by atoms with Gasteiger partial charge in [-0.3, -0.25) is 0 Å². The van der Waals surface area contributed by atoms with Gasteiger partial charge in [0.2, 0.25) is 0 Å². The zero-order chi connectivity index (χ0) is 26.2. The first-order valence-electron chi connectivity index (χ1n) is 13.4. The Morgan fingerprint density at radius 3 is 1.38 bits per heavy atom. The Labute approximate surface area is 228 Å². The van der Waals surface area contributed by atoms with Crippen LogP contribution < -0.4 is 4.90 Å². The van der Waals surface area contributed by atoms with E-state index in [1.807, 2.05) is 42.5 Å². The van der Waals surface area contributed by atoms with Crippen LogP contribution in [0.25, 0.3) is 65.8 Å². The van der Waals surface area contributed by atoms with Crippen LogP contribution in [0.3, 0.4) is 0 Å². The van der Waals surface area contributed by atoms with E-state index >= 15 is 0 Å². The van der Waals surface area contributed by atoms with Crippen LogP contribution in [0.15, 0.2) is 141 Å². The monoisotopic (exact) mass is 515 g/mol. The highest BCUT2D eigenvalue weighted by Gasteiger charge is 2.23. The van der Waals surface area contributed by atoms with Crippen molar-refractivity contribution in [2.24, 2.45) is 0 Å². The number of benzene rings is 6. The molecule has 4 heteroatoms. The largest absolute Gasteiger partial charge is 0.456 e. The minimum absolute atomic E-state index is 0.828. The summed E-state index contributed by atoms with van der Waals surface area (Å²) in [7, 11) is 0. The maximum atomic E-state index is 6.53. The second-order valence-electron chi connectivity index (χ2n) is 10.1. The van der Waals surface area contributed by atoms with Crippen LogP contribution >= 0.6 is 0 Å². The van der Waals surface area contributed by atoms with Gasteiger partial charge in [0, 0.05) is 38.0 Å². The summed E-state index contributed by atoms with van der Waals surface area (Å²) in [6.45, 7) is 0. The summed E-state index contributed by atoms with van der Waals surface area (Å²) in [6, 6.07) is 43.6. The second kappa shape index (κ2) is 8.01. The molecule has 0 aliphatic carbocycles. The molecule has 0 atom stereocenters. The molecule has 0 saturated carbocycles. The highest BCUT2D eigenvalue weighted by atomic mass is 16.3. The van der Waals surface area contributed by atoms with Gasteiger partial charge < -0.3 is 18.2 Å². The normalized spacial score (nSPS) is 12.0. The predicted octanol–water partition coefficient (Wildman–Crippen LogP) is 10.9. The molecule has 9 rings (SSSR count). The standard InChI is InChI=1S/C36H21NO3/c1-5-17-32-23(9-1)26-12-7-14-29(35(26)39-32)37(22-19-20-34-28(21-22)25-11-3-4-16-31(25)38-34)30-15-8-13-27-24-10-2-6-18-33(24)40-36(27)30/h1-21H. The van der Waals surface area contributed by atoms with Crippen molar-refractivity contribution in [1.82, 2.24) is 0 Å². The van der Waals surface area contributed by atoms with Gasteiger partial charge in [0.1, 0.15) is 22.3 Å². The third-order valence-electron chi connectivity index (χ3n) is 7.87. The molecule has 6 aromatic carbocycles. The Kier molecular flexibility index (Phi) is 4.30. The van der Waals surface area contributed by atoms with Gasteiger partial charge >= 0.3 is 0 Å². The molecule has 0 fully saturated rings. The molecule has 0 spiro atoms. The maximum Gasteiger partial charge on any atom is 0.159 e. The van der Waals surface area contributed by atoms with Gasteiger partial charge in [0.05, 0.1) is 11.4 Å². The van der Waals surface area contributed by atoms with E-state index in [9.17, 15) is 0 Å². The first-order chi connectivity index (χ1) is 19.8. The molecule has 40 heavy (non-hydrogen) atoms. The van der Waals surface area contributed by atoms with E-state index in [-0.39, 0.29) is 0 Å². The second-order valence-corrected chi connectivity index (χ2v) is 10.1. The van der Waals surface area contributed by atoms with Gasteiger partial charge in [-0.05, 0) is 48.5 Å². The minimum atomic E-state index is 0.828. The molecule has 0 aliphatic rings. The summed E-state index contributed by atoms with van der Waals surface area (Å²) in [4.78, 5) is 2.25. The van der Waals surface area contributed by atoms with Gasteiger partial charge in [-0.15, -0.1) is 0 Å². The van der Waals surface area contributed by atoms with Crippen molar-refractivity contribution in [2.45, 2.75) is 0 Å². The fourth-order valence-corrected chi connectivity index (χ4v) is 6.08. The minimum Gasteiger partial charge on any atom is -0.456 e. The first-order valence-corrected chi connectivity index (χ1v) is 13.4. The topological polar surface area (TPSA) is 42.7 Å². The summed E-state index contributed by atoms with van der Waals surface area (Å²) in [5.41, 5.74) is 7.98. The molecule has 4 nitrogen and oxygen atoms in total. The summed E-state index contributed by atoms with van der Waals surface area (Å²) in [5, 5.41) is 6.49. The summed E-state index contributed by atoms with van der Waals surface area (Å²) in [5.74, 6) is 0. The lowest BCUT2D eigenvalue weighted by molar-refractivity contribution is 0.666. The van der Waals surface area contributed by atoms with Gasteiger partial charge in [-0.2, -0.15) is 0 Å². The SMILES string of the molecule is c1ccc2c(c1)oc1ccc(N(c3cccc4c3oc3ccccc34)c3cccc4c3oc3ccccc34)cc12. The molecule has 9 aromatic rings. The fourth-order valence-electron chi connectivity index (χ4n) is 6.08. The number of furan rings is 3. The van der Waals surface area contributed by atoms with E-state index in [4.69, 9.17) is 13.3 Å². The molecule has 3 heterocycles. The Morgan fingerprint density at radius 2 is 0.800 bits per heavy atom. The molecule has 0 saturated heterocycles. The quantitative estimate of drug-likeness (QED) is 0.235. The Hall–Kier alpha value is -5.48. The number of anilines is 3. The average Bonchev–Trinajstić information content (AvgIpc) is 3.69. The summed E-state index contributed by atoms with van der Waals surface area (Å²) in [6.07, 6.45) is 0. The number of nitrogens with zero attached hydrogens (tertiary/aromatic N) is 1. The predicted molar refractivity (Wildman–Crippen MR) is 163 cm³/mol. The van der Waals surface area contributed by atoms with Crippen LogP contribution in [-0.4, -0.2) is 0 Å². The molecule has 0 aliphatic heterocycles. The number of hydrogen-bond donors (Lipinski definition) is 0. The highest BCUT2D eigenvalue weighted by molar-refractivity contribution is 6.14. The van der Waals surface area contributed by atoms with Crippen molar-refractivity contribution in [2.75, 3.05) is 4.90 Å². The fraction of sp³-hybridized carbons (Fsp3) is 0. The van der Waals surface area contributed by atoms with Gasteiger partial charge in [-0.1, -0.05) is 78.9 Å². The smallest absolute Gasteiger partial charge is 0.159 e. The molecular formula is C36H21NO3. The third-order valence-corrected chi connectivity index (χ3v) is 7.87. The molecule has 188 valence electrons. The Bertz CT molecular complexity index is 2290. The van der Waals surface area contributed by atoms with Gasteiger partial charge in [-0.25, -0.2) is 0 Å². The van der Waals surface area contributed by atoms with Crippen molar-refractivity contribution in [1.29, 1.82) is 0 Å². The van der Waals surface area contributed by atoms with Crippen molar-refractivity contribution >= 4 is 82.9 Å². The molecule has 3 aromatic heterocycles. The third kappa shape index (κ3) is 2.96. The summed E-state index contributed by atoms with van der Waals surface area (Å²) >= 11 is 0. The molecular weight excluding hydrogens is 494 g/mol. The van der Waals surface area contributed by atoms with E-state index in [1.54, 1.807) is 0 Å². The number of fused-ring (bicyclic) bond motifs is 9.